The van der Waals surface area contributed by atoms with Gasteiger partial charge in [0, 0.05) is 22.4 Å². The van der Waals surface area contributed by atoms with Crippen molar-refractivity contribution in [3.8, 4) is 0 Å². The highest BCUT2D eigenvalue weighted by Crippen LogP contribution is 2.18. The van der Waals surface area contributed by atoms with E-state index in [2.05, 4.69) is 57.4 Å². The van der Waals surface area contributed by atoms with Gasteiger partial charge in [-0.25, -0.2) is 0 Å². The van der Waals surface area contributed by atoms with Crippen molar-refractivity contribution in [1.29, 1.82) is 0 Å². The van der Waals surface area contributed by atoms with Crippen LogP contribution in [0.3, 0.4) is 0 Å². The number of thiophene rings is 1. The maximum absolute atomic E-state index is 5.78. The Morgan fingerprint density at radius 3 is 2.47 bits per heavy atom. The van der Waals surface area contributed by atoms with Gasteiger partial charge in [0.1, 0.15) is 0 Å². The molecule has 1 heterocycles. The molecule has 0 aliphatic carbocycles. The van der Waals surface area contributed by atoms with Crippen molar-refractivity contribution >= 4 is 11.3 Å². The third kappa shape index (κ3) is 6.81. The van der Waals surface area contributed by atoms with Crippen LogP contribution in [0.15, 0.2) is 17.5 Å². The van der Waals surface area contributed by atoms with Gasteiger partial charge >= 0.3 is 0 Å². The number of hydrogen-bond acceptors (Lipinski definition) is 3. The molecule has 1 aromatic rings. The van der Waals surface area contributed by atoms with E-state index in [0.29, 0.717) is 0 Å². The Kier molecular flexibility index (Phi) is 5.17. The zero-order valence-corrected chi connectivity index (χ0v) is 12.5. The highest BCUT2D eigenvalue weighted by atomic mass is 32.1. The predicted octanol–water partition coefficient (Wildman–Crippen LogP) is 3.68. The number of rotatable bonds is 6. The van der Waals surface area contributed by atoms with Gasteiger partial charge in [-0.05, 0) is 32.2 Å². The van der Waals surface area contributed by atoms with Gasteiger partial charge in [-0.3, -0.25) is 0 Å². The van der Waals surface area contributed by atoms with Gasteiger partial charge in [0.2, 0.25) is 0 Å². The van der Waals surface area contributed by atoms with Gasteiger partial charge in [0.05, 0.1) is 13.2 Å². The van der Waals surface area contributed by atoms with Crippen molar-refractivity contribution in [2.24, 2.45) is 5.41 Å². The molecule has 0 unspecified atom stereocenters. The minimum Gasteiger partial charge on any atom is -0.375 e. The summed E-state index contributed by atoms with van der Waals surface area (Å²) in [5.74, 6) is 0. The molecular weight excluding hydrogens is 230 g/mol. The quantitative estimate of drug-likeness (QED) is 0.837. The van der Waals surface area contributed by atoms with Crippen LogP contribution >= 0.6 is 11.3 Å². The lowest BCUT2D eigenvalue weighted by Crippen LogP contribution is -2.43. The molecule has 0 amide bonds. The molecule has 17 heavy (non-hydrogen) atoms. The summed E-state index contributed by atoms with van der Waals surface area (Å²) in [5, 5.41) is 5.62. The van der Waals surface area contributed by atoms with E-state index in [1.165, 1.54) is 4.88 Å². The van der Waals surface area contributed by atoms with Crippen LogP contribution in [0, 0.1) is 5.41 Å². The Bertz CT molecular complexity index is 311. The van der Waals surface area contributed by atoms with Crippen LogP contribution in [-0.2, 0) is 11.3 Å². The van der Waals surface area contributed by atoms with Crippen LogP contribution in [0.2, 0.25) is 0 Å². The van der Waals surface area contributed by atoms with Crippen LogP contribution in [0.4, 0.5) is 0 Å². The Balaban J connectivity index is 2.24. The molecule has 1 aromatic heterocycles. The summed E-state index contributed by atoms with van der Waals surface area (Å²) in [6.45, 7) is 13.5. The Morgan fingerprint density at radius 1 is 1.24 bits per heavy atom. The summed E-state index contributed by atoms with van der Waals surface area (Å²) < 4.78 is 5.78. The summed E-state index contributed by atoms with van der Waals surface area (Å²) >= 11 is 1.75. The SMILES string of the molecule is CC(C)(CNC(C)(C)C)COCc1cccs1. The van der Waals surface area contributed by atoms with Crippen molar-refractivity contribution in [3.63, 3.8) is 0 Å². The molecule has 0 saturated carbocycles. The third-order valence-corrected chi connectivity index (χ3v) is 3.26. The summed E-state index contributed by atoms with van der Waals surface area (Å²) in [6.07, 6.45) is 0. The van der Waals surface area contributed by atoms with Crippen molar-refractivity contribution in [1.82, 2.24) is 5.32 Å². The molecule has 0 spiro atoms. The molecule has 0 aromatic carbocycles. The zero-order valence-electron chi connectivity index (χ0n) is 11.7. The summed E-state index contributed by atoms with van der Waals surface area (Å²) in [6, 6.07) is 4.18. The highest BCUT2D eigenvalue weighted by Gasteiger charge is 2.21. The lowest BCUT2D eigenvalue weighted by molar-refractivity contribution is 0.0497. The largest absolute Gasteiger partial charge is 0.375 e. The van der Waals surface area contributed by atoms with Crippen molar-refractivity contribution in [3.05, 3.63) is 22.4 Å². The second kappa shape index (κ2) is 5.98. The normalized spacial score (nSPS) is 13.0. The van der Waals surface area contributed by atoms with E-state index >= 15 is 0 Å². The van der Waals surface area contributed by atoms with E-state index < -0.39 is 0 Å². The van der Waals surface area contributed by atoms with E-state index in [9.17, 15) is 0 Å². The van der Waals surface area contributed by atoms with E-state index in [1.54, 1.807) is 11.3 Å². The molecule has 0 aliphatic rings. The predicted molar refractivity (Wildman–Crippen MR) is 75.5 cm³/mol. The molecule has 2 nitrogen and oxygen atoms in total. The number of ether oxygens (including phenoxy) is 1. The molecule has 3 heteroatoms. The van der Waals surface area contributed by atoms with Crippen LogP contribution in [0.1, 0.15) is 39.5 Å². The number of hydrogen-bond donors (Lipinski definition) is 1. The van der Waals surface area contributed by atoms with Crippen LogP contribution in [-0.4, -0.2) is 18.7 Å². The molecular formula is C14H25NOS. The fourth-order valence-corrected chi connectivity index (χ4v) is 2.02. The monoisotopic (exact) mass is 255 g/mol. The topological polar surface area (TPSA) is 21.3 Å². The molecule has 98 valence electrons. The lowest BCUT2D eigenvalue weighted by atomic mass is 9.93. The lowest BCUT2D eigenvalue weighted by Gasteiger charge is -2.30. The summed E-state index contributed by atoms with van der Waals surface area (Å²) in [7, 11) is 0. The van der Waals surface area contributed by atoms with Crippen LogP contribution in [0.25, 0.3) is 0 Å². The molecule has 0 fully saturated rings. The van der Waals surface area contributed by atoms with Gasteiger partial charge in [-0.1, -0.05) is 19.9 Å². The second-order valence-electron chi connectivity index (χ2n) is 6.34. The molecule has 0 radical (unpaired) electrons. The first-order valence-corrected chi connectivity index (χ1v) is 7.02. The highest BCUT2D eigenvalue weighted by molar-refractivity contribution is 7.09. The molecule has 0 saturated heterocycles. The first-order chi connectivity index (χ1) is 7.79. The van der Waals surface area contributed by atoms with Gasteiger partial charge < -0.3 is 10.1 Å². The molecule has 1 N–H and O–H groups in total. The first kappa shape index (κ1) is 14.7. The van der Waals surface area contributed by atoms with Gasteiger partial charge in [-0.15, -0.1) is 11.3 Å². The van der Waals surface area contributed by atoms with Crippen molar-refractivity contribution in [2.75, 3.05) is 13.2 Å². The van der Waals surface area contributed by atoms with Gasteiger partial charge in [0.15, 0.2) is 0 Å². The second-order valence-corrected chi connectivity index (χ2v) is 7.37. The maximum atomic E-state index is 5.78. The van der Waals surface area contributed by atoms with Crippen molar-refractivity contribution < 1.29 is 4.74 Å². The summed E-state index contributed by atoms with van der Waals surface area (Å²) in [5.41, 5.74) is 0.343. The van der Waals surface area contributed by atoms with E-state index in [-0.39, 0.29) is 11.0 Å². The standard InChI is InChI=1S/C14H25NOS/c1-13(2,3)15-10-14(4,5)11-16-9-12-7-6-8-17-12/h6-8,15H,9-11H2,1-5H3. The molecule has 0 aliphatic heterocycles. The molecule has 0 bridgehead atoms. The van der Waals surface area contributed by atoms with E-state index in [1.807, 2.05) is 0 Å². The Hall–Kier alpha value is -0.380. The fourth-order valence-electron chi connectivity index (χ4n) is 1.38. The summed E-state index contributed by atoms with van der Waals surface area (Å²) in [4.78, 5) is 1.30. The Morgan fingerprint density at radius 2 is 1.94 bits per heavy atom. The average molecular weight is 255 g/mol. The first-order valence-electron chi connectivity index (χ1n) is 6.14. The zero-order chi connectivity index (χ0) is 12.9. The molecule has 0 atom stereocenters. The molecule has 1 rings (SSSR count). The fraction of sp³-hybridized carbons (Fsp3) is 0.714. The minimum absolute atomic E-state index is 0.171. The average Bonchev–Trinajstić information content (AvgIpc) is 2.67. The van der Waals surface area contributed by atoms with Crippen LogP contribution in [0.5, 0.6) is 0 Å². The minimum atomic E-state index is 0.171. The van der Waals surface area contributed by atoms with Gasteiger partial charge in [-0.2, -0.15) is 0 Å². The van der Waals surface area contributed by atoms with E-state index in [0.717, 1.165) is 19.8 Å². The van der Waals surface area contributed by atoms with Crippen molar-refractivity contribution in [2.45, 2.75) is 46.8 Å². The van der Waals surface area contributed by atoms with Gasteiger partial charge in [0.25, 0.3) is 0 Å². The number of nitrogens with one attached hydrogen (secondary N) is 1. The van der Waals surface area contributed by atoms with Crippen LogP contribution < -0.4 is 5.32 Å². The smallest absolute Gasteiger partial charge is 0.0809 e. The third-order valence-electron chi connectivity index (χ3n) is 2.41. The Labute approximate surface area is 109 Å². The van der Waals surface area contributed by atoms with E-state index in [4.69, 9.17) is 4.74 Å². The maximum Gasteiger partial charge on any atom is 0.0809 e.